The van der Waals surface area contributed by atoms with Crippen molar-refractivity contribution in [3.05, 3.63) is 35.1 Å². The van der Waals surface area contributed by atoms with Crippen molar-refractivity contribution in [1.82, 2.24) is 0 Å². The van der Waals surface area contributed by atoms with Gasteiger partial charge in [-0.15, -0.1) is 0 Å². The van der Waals surface area contributed by atoms with Gasteiger partial charge in [0.15, 0.2) is 0 Å². The van der Waals surface area contributed by atoms with Gasteiger partial charge in [-0.05, 0) is 18.2 Å². The molecule has 94 valence electrons. The molecule has 0 unspecified atom stereocenters. The Bertz CT molecular complexity index is 451. The molecule has 0 bridgehead atoms. The summed E-state index contributed by atoms with van der Waals surface area (Å²) >= 11 is 0. The molecule has 0 spiro atoms. The van der Waals surface area contributed by atoms with Gasteiger partial charge in [0, 0.05) is 0 Å². The maximum atomic E-state index is 12.9. The van der Waals surface area contributed by atoms with Crippen molar-refractivity contribution in [3.63, 3.8) is 0 Å². The van der Waals surface area contributed by atoms with Gasteiger partial charge in [0.1, 0.15) is 5.82 Å². The lowest BCUT2D eigenvalue weighted by molar-refractivity contribution is -0.167. The first-order valence-electron chi connectivity index (χ1n) is 4.05. The third kappa shape index (κ3) is 2.51. The lowest BCUT2D eigenvalue weighted by Gasteiger charge is -2.14. The maximum Gasteiger partial charge on any atom is 0.416 e. The molecular formula is C9H4F6O2. The molecule has 8 heteroatoms. The third-order valence-electron chi connectivity index (χ3n) is 1.90. The van der Waals surface area contributed by atoms with E-state index >= 15 is 0 Å². The Kier molecular flexibility index (Phi) is 3.09. The normalized spacial score (nSPS) is 12.6. The molecule has 1 aromatic rings. The number of aliphatic carboxylic acids is 1. The highest BCUT2D eigenvalue weighted by Crippen LogP contribution is 2.36. The second-order valence-electron chi connectivity index (χ2n) is 3.07. The van der Waals surface area contributed by atoms with Gasteiger partial charge < -0.3 is 5.11 Å². The van der Waals surface area contributed by atoms with E-state index < -0.39 is 35.0 Å². The van der Waals surface area contributed by atoms with Crippen molar-refractivity contribution in [2.45, 2.75) is 12.1 Å². The largest absolute Gasteiger partial charge is 0.477 e. The zero-order chi connectivity index (χ0) is 13.4. The van der Waals surface area contributed by atoms with Crippen LogP contribution < -0.4 is 0 Å². The van der Waals surface area contributed by atoms with E-state index in [-0.39, 0.29) is 18.2 Å². The van der Waals surface area contributed by atoms with E-state index in [2.05, 4.69) is 0 Å². The number of hydrogen-bond acceptors (Lipinski definition) is 1. The highest BCUT2D eigenvalue weighted by molar-refractivity contribution is 5.77. The SMILES string of the molecule is O=C(O)C(F)(F)c1cc(C(F)(F)F)ccc1F. The molecular weight excluding hydrogens is 254 g/mol. The summed E-state index contributed by atoms with van der Waals surface area (Å²) in [6.07, 6.45) is -4.96. The van der Waals surface area contributed by atoms with E-state index in [9.17, 15) is 31.1 Å². The zero-order valence-corrected chi connectivity index (χ0v) is 7.86. The summed E-state index contributed by atoms with van der Waals surface area (Å²) in [5.41, 5.74) is -3.37. The first-order chi connectivity index (χ1) is 7.56. The standard InChI is InChI=1S/C9H4F6O2/c10-6-2-1-4(9(13,14)15)3-5(6)8(11,12)7(16)17/h1-3H,(H,16,17). The molecule has 0 atom stereocenters. The molecule has 0 heterocycles. The number of hydrogen-bond donors (Lipinski definition) is 1. The van der Waals surface area contributed by atoms with E-state index in [0.29, 0.717) is 0 Å². The quantitative estimate of drug-likeness (QED) is 0.828. The van der Waals surface area contributed by atoms with Crippen LogP contribution in [0.3, 0.4) is 0 Å². The summed E-state index contributed by atoms with van der Waals surface area (Å²) in [5, 5.41) is 8.11. The van der Waals surface area contributed by atoms with Crippen molar-refractivity contribution < 1.29 is 36.2 Å². The maximum absolute atomic E-state index is 12.9. The van der Waals surface area contributed by atoms with Crippen LogP contribution in [0.4, 0.5) is 26.3 Å². The van der Waals surface area contributed by atoms with Crippen LogP contribution in [0.2, 0.25) is 0 Å². The van der Waals surface area contributed by atoms with Crippen LogP contribution in [0.25, 0.3) is 0 Å². The average Bonchev–Trinajstić information content (AvgIpc) is 2.15. The van der Waals surface area contributed by atoms with Crippen molar-refractivity contribution >= 4 is 5.97 Å². The van der Waals surface area contributed by atoms with Gasteiger partial charge in [0.25, 0.3) is 0 Å². The molecule has 0 aliphatic rings. The molecule has 0 saturated carbocycles. The van der Waals surface area contributed by atoms with Crippen LogP contribution in [0.15, 0.2) is 18.2 Å². The topological polar surface area (TPSA) is 37.3 Å². The molecule has 0 aliphatic heterocycles. The lowest BCUT2D eigenvalue weighted by atomic mass is 10.0. The summed E-state index contributed by atoms with van der Waals surface area (Å²) in [5.74, 6) is -9.16. The molecule has 0 amide bonds. The van der Waals surface area contributed by atoms with Gasteiger partial charge in [-0.3, -0.25) is 0 Å². The number of carboxylic acid groups (broad SMARTS) is 1. The van der Waals surface area contributed by atoms with Gasteiger partial charge >= 0.3 is 18.1 Å². The van der Waals surface area contributed by atoms with Crippen LogP contribution in [0.5, 0.6) is 0 Å². The molecule has 1 aromatic carbocycles. The molecule has 0 aliphatic carbocycles. The Morgan fingerprint density at radius 1 is 1.12 bits per heavy atom. The molecule has 1 rings (SSSR count). The highest BCUT2D eigenvalue weighted by atomic mass is 19.4. The van der Waals surface area contributed by atoms with Crippen LogP contribution in [-0.4, -0.2) is 11.1 Å². The van der Waals surface area contributed by atoms with Gasteiger partial charge in [-0.1, -0.05) is 0 Å². The van der Waals surface area contributed by atoms with E-state index in [1.54, 1.807) is 0 Å². The van der Waals surface area contributed by atoms with Crippen LogP contribution in [-0.2, 0) is 16.9 Å². The molecule has 0 aromatic heterocycles. The minimum Gasteiger partial charge on any atom is -0.477 e. The first-order valence-corrected chi connectivity index (χ1v) is 4.05. The number of halogens is 6. The van der Waals surface area contributed by atoms with Gasteiger partial charge in [-0.25, -0.2) is 9.18 Å². The molecule has 1 N–H and O–H groups in total. The van der Waals surface area contributed by atoms with E-state index in [4.69, 9.17) is 5.11 Å². The Morgan fingerprint density at radius 2 is 1.65 bits per heavy atom. The van der Waals surface area contributed by atoms with Crippen molar-refractivity contribution in [2.24, 2.45) is 0 Å². The zero-order valence-electron chi connectivity index (χ0n) is 7.86. The summed E-state index contributed by atoms with van der Waals surface area (Å²) in [6.45, 7) is 0. The van der Waals surface area contributed by atoms with Crippen molar-refractivity contribution in [3.8, 4) is 0 Å². The summed E-state index contributed by atoms with van der Waals surface area (Å²) in [7, 11) is 0. The molecule has 0 fully saturated rings. The fourth-order valence-electron chi connectivity index (χ4n) is 1.06. The Morgan fingerprint density at radius 3 is 2.06 bits per heavy atom. The first kappa shape index (κ1) is 13.3. The van der Waals surface area contributed by atoms with Crippen LogP contribution in [0.1, 0.15) is 11.1 Å². The number of carbonyl (C=O) groups is 1. The van der Waals surface area contributed by atoms with Gasteiger partial charge in [-0.2, -0.15) is 22.0 Å². The third-order valence-corrected chi connectivity index (χ3v) is 1.90. The second-order valence-corrected chi connectivity index (χ2v) is 3.07. The van der Waals surface area contributed by atoms with Crippen molar-refractivity contribution in [1.29, 1.82) is 0 Å². The van der Waals surface area contributed by atoms with E-state index in [1.165, 1.54) is 0 Å². The van der Waals surface area contributed by atoms with E-state index in [1.807, 2.05) is 0 Å². The van der Waals surface area contributed by atoms with Gasteiger partial charge in [0.2, 0.25) is 0 Å². The number of alkyl halides is 5. The minimum atomic E-state index is -4.96. The minimum absolute atomic E-state index is 0.148. The summed E-state index contributed by atoms with van der Waals surface area (Å²) in [6, 6.07) is 0.176. The summed E-state index contributed by atoms with van der Waals surface area (Å²) < 4.78 is 75.2. The predicted molar refractivity (Wildman–Crippen MR) is 42.9 cm³/mol. The lowest BCUT2D eigenvalue weighted by Crippen LogP contribution is -2.27. The predicted octanol–water partition coefficient (Wildman–Crippen LogP) is 3.02. The monoisotopic (exact) mass is 258 g/mol. The van der Waals surface area contributed by atoms with Crippen LogP contribution >= 0.6 is 0 Å². The van der Waals surface area contributed by atoms with E-state index in [0.717, 1.165) is 0 Å². The smallest absolute Gasteiger partial charge is 0.416 e. The summed E-state index contributed by atoms with van der Waals surface area (Å²) in [4.78, 5) is 10.1. The molecule has 2 nitrogen and oxygen atoms in total. The average molecular weight is 258 g/mol. The van der Waals surface area contributed by atoms with Gasteiger partial charge in [0.05, 0.1) is 11.1 Å². The molecule has 0 radical (unpaired) electrons. The number of carboxylic acids is 1. The second kappa shape index (κ2) is 3.94. The highest BCUT2D eigenvalue weighted by Gasteiger charge is 2.45. The fourth-order valence-corrected chi connectivity index (χ4v) is 1.06. The fraction of sp³-hybridized carbons (Fsp3) is 0.222. The molecule has 17 heavy (non-hydrogen) atoms. The van der Waals surface area contributed by atoms with Crippen molar-refractivity contribution in [2.75, 3.05) is 0 Å². The number of benzene rings is 1. The number of rotatable bonds is 2. The van der Waals surface area contributed by atoms with Crippen LogP contribution in [0, 0.1) is 5.82 Å². The molecule has 0 saturated heterocycles. The Labute approximate surface area is 90.5 Å². The Hall–Kier alpha value is -1.73. The Balaban J connectivity index is 3.39.